The van der Waals surface area contributed by atoms with Crippen molar-refractivity contribution in [2.45, 2.75) is 31.8 Å². The van der Waals surface area contributed by atoms with E-state index in [9.17, 15) is 9.18 Å². The SMILES string of the molecule is Cc1ccc(C2N=C(NC3CC3)NC2=O)cc1F. The maximum absolute atomic E-state index is 13.5. The van der Waals surface area contributed by atoms with Gasteiger partial charge in [-0.05, 0) is 37.0 Å². The molecule has 0 bridgehead atoms. The van der Waals surface area contributed by atoms with Crippen molar-refractivity contribution in [2.75, 3.05) is 0 Å². The number of nitrogens with one attached hydrogen (secondary N) is 2. The molecule has 2 N–H and O–H groups in total. The van der Waals surface area contributed by atoms with E-state index < -0.39 is 6.04 Å². The van der Waals surface area contributed by atoms with Gasteiger partial charge in [0.05, 0.1) is 0 Å². The first kappa shape index (κ1) is 11.2. The van der Waals surface area contributed by atoms with Gasteiger partial charge in [-0.3, -0.25) is 10.1 Å². The van der Waals surface area contributed by atoms with Gasteiger partial charge in [-0.25, -0.2) is 9.38 Å². The largest absolute Gasteiger partial charge is 0.353 e. The van der Waals surface area contributed by atoms with Crippen LogP contribution in [0.5, 0.6) is 0 Å². The Morgan fingerprint density at radius 3 is 2.89 bits per heavy atom. The van der Waals surface area contributed by atoms with Crippen LogP contribution in [-0.4, -0.2) is 17.9 Å². The minimum Gasteiger partial charge on any atom is -0.353 e. The predicted molar refractivity (Wildman–Crippen MR) is 65.6 cm³/mol. The lowest BCUT2D eigenvalue weighted by Crippen LogP contribution is -2.37. The van der Waals surface area contributed by atoms with Crippen molar-refractivity contribution in [3.8, 4) is 0 Å². The molecule has 94 valence electrons. The first-order valence-electron chi connectivity index (χ1n) is 6.05. The zero-order valence-corrected chi connectivity index (χ0v) is 10.0. The summed E-state index contributed by atoms with van der Waals surface area (Å²) in [5, 5.41) is 5.82. The molecule has 1 saturated carbocycles. The molecule has 0 spiro atoms. The number of amides is 1. The summed E-state index contributed by atoms with van der Waals surface area (Å²) in [6.07, 6.45) is 2.22. The Hall–Kier alpha value is -1.91. The molecule has 1 atom stereocenters. The van der Waals surface area contributed by atoms with Gasteiger partial charge in [-0.15, -0.1) is 0 Å². The highest BCUT2D eigenvalue weighted by Gasteiger charge is 2.31. The standard InChI is InChI=1S/C13H14FN3O/c1-7-2-3-8(6-10(7)14)11-12(18)17-13(16-11)15-9-4-5-9/h2-3,6,9,11H,4-5H2,1H3,(H2,15,16,17,18). The summed E-state index contributed by atoms with van der Waals surface area (Å²) in [4.78, 5) is 16.1. The van der Waals surface area contributed by atoms with Crippen LogP contribution in [0.3, 0.4) is 0 Å². The van der Waals surface area contributed by atoms with Crippen molar-refractivity contribution in [2.24, 2.45) is 4.99 Å². The van der Waals surface area contributed by atoms with E-state index in [0.717, 1.165) is 12.8 Å². The Labute approximate surface area is 104 Å². The summed E-state index contributed by atoms with van der Waals surface area (Å²) >= 11 is 0. The smallest absolute Gasteiger partial charge is 0.256 e. The molecule has 18 heavy (non-hydrogen) atoms. The number of benzene rings is 1. The van der Waals surface area contributed by atoms with E-state index in [2.05, 4.69) is 15.6 Å². The fourth-order valence-corrected chi connectivity index (χ4v) is 1.90. The first-order valence-corrected chi connectivity index (χ1v) is 6.05. The number of rotatable bonds is 2. The quantitative estimate of drug-likeness (QED) is 0.830. The number of nitrogens with zero attached hydrogens (tertiary/aromatic N) is 1. The molecule has 4 nitrogen and oxygen atoms in total. The first-order chi connectivity index (χ1) is 8.63. The molecule has 0 aromatic heterocycles. The van der Waals surface area contributed by atoms with E-state index in [4.69, 9.17) is 0 Å². The minimum absolute atomic E-state index is 0.207. The molecule has 1 aliphatic carbocycles. The molecule has 1 aromatic carbocycles. The Kier molecular flexibility index (Phi) is 2.54. The highest BCUT2D eigenvalue weighted by atomic mass is 19.1. The van der Waals surface area contributed by atoms with Crippen molar-refractivity contribution in [1.82, 2.24) is 10.6 Å². The molecular formula is C13H14FN3O. The molecule has 1 unspecified atom stereocenters. The van der Waals surface area contributed by atoms with Crippen LogP contribution < -0.4 is 10.6 Å². The predicted octanol–water partition coefficient (Wildman–Crippen LogP) is 1.41. The number of aliphatic imine (C=N–C) groups is 1. The van der Waals surface area contributed by atoms with Crippen molar-refractivity contribution >= 4 is 11.9 Å². The number of aryl methyl sites for hydroxylation is 1. The van der Waals surface area contributed by atoms with Gasteiger partial charge in [-0.2, -0.15) is 0 Å². The third-order valence-electron chi connectivity index (χ3n) is 3.18. The molecule has 0 saturated heterocycles. The second kappa shape index (κ2) is 4.08. The molecule has 1 amide bonds. The van der Waals surface area contributed by atoms with Gasteiger partial charge >= 0.3 is 0 Å². The second-order valence-corrected chi connectivity index (χ2v) is 4.80. The topological polar surface area (TPSA) is 53.5 Å². The van der Waals surface area contributed by atoms with Crippen molar-refractivity contribution in [3.05, 3.63) is 35.1 Å². The van der Waals surface area contributed by atoms with Gasteiger partial charge < -0.3 is 5.32 Å². The third-order valence-corrected chi connectivity index (χ3v) is 3.18. The molecule has 1 heterocycles. The van der Waals surface area contributed by atoms with Crippen LogP contribution in [0.15, 0.2) is 23.2 Å². The van der Waals surface area contributed by atoms with E-state index in [1.807, 2.05) is 0 Å². The van der Waals surface area contributed by atoms with E-state index in [-0.39, 0.29) is 11.7 Å². The van der Waals surface area contributed by atoms with Crippen molar-refractivity contribution in [1.29, 1.82) is 0 Å². The highest BCUT2D eigenvalue weighted by molar-refractivity contribution is 6.05. The summed E-state index contributed by atoms with van der Waals surface area (Å²) in [7, 11) is 0. The van der Waals surface area contributed by atoms with Gasteiger partial charge in [0.15, 0.2) is 12.0 Å². The van der Waals surface area contributed by atoms with Gasteiger partial charge in [0.25, 0.3) is 5.91 Å². The molecule has 2 aliphatic rings. The zero-order valence-electron chi connectivity index (χ0n) is 10.0. The highest BCUT2D eigenvalue weighted by Crippen LogP contribution is 2.24. The van der Waals surface area contributed by atoms with Gasteiger partial charge in [-0.1, -0.05) is 12.1 Å². The number of hydrogen-bond acceptors (Lipinski definition) is 3. The normalized spacial score (nSPS) is 22.7. The fraction of sp³-hybridized carbons (Fsp3) is 0.385. The summed E-state index contributed by atoms with van der Waals surface area (Å²) < 4.78 is 13.5. The lowest BCUT2D eigenvalue weighted by molar-refractivity contribution is -0.120. The molecule has 1 fully saturated rings. The molecule has 3 rings (SSSR count). The van der Waals surface area contributed by atoms with Crippen LogP contribution in [0.25, 0.3) is 0 Å². The Morgan fingerprint density at radius 1 is 1.44 bits per heavy atom. The molecule has 1 aliphatic heterocycles. The Morgan fingerprint density at radius 2 is 2.22 bits per heavy atom. The average Bonchev–Trinajstić information content (AvgIpc) is 3.06. The summed E-state index contributed by atoms with van der Waals surface area (Å²) in [5.74, 6) is -0.00557. The number of carbonyl (C=O) groups excluding carboxylic acids is 1. The Balaban J connectivity index is 1.83. The number of carbonyl (C=O) groups is 1. The lowest BCUT2D eigenvalue weighted by Gasteiger charge is -2.05. The number of hydrogen-bond donors (Lipinski definition) is 2. The van der Waals surface area contributed by atoms with E-state index in [1.165, 1.54) is 6.07 Å². The number of halogens is 1. The van der Waals surface area contributed by atoms with Gasteiger partial charge in [0.2, 0.25) is 0 Å². The van der Waals surface area contributed by atoms with Gasteiger partial charge in [0, 0.05) is 6.04 Å². The fourth-order valence-electron chi connectivity index (χ4n) is 1.90. The second-order valence-electron chi connectivity index (χ2n) is 4.80. The maximum atomic E-state index is 13.5. The van der Waals surface area contributed by atoms with Crippen LogP contribution in [0, 0.1) is 12.7 Å². The van der Waals surface area contributed by atoms with E-state index in [1.54, 1.807) is 19.1 Å². The lowest BCUT2D eigenvalue weighted by atomic mass is 10.1. The molecule has 0 radical (unpaired) electrons. The molecule has 1 aromatic rings. The minimum atomic E-state index is -0.638. The maximum Gasteiger partial charge on any atom is 0.256 e. The average molecular weight is 247 g/mol. The van der Waals surface area contributed by atoms with Crippen molar-refractivity contribution in [3.63, 3.8) is 0 Å². The summed E-state index contributed by atoms with van der Waals surface area (Å²) in [6, 6.07) is 4.58. The van der Waals surface area contributed by atoms with Crippen LogP contribution in [0.4, 0.5) is 4.39 Å². The summed E-state index contributed by atoms with van der Waals surface area (Å²) in [6.45, 7) is 1.69. The Bertz CT molecular complexity index is 537. The van der Waals surface area contributed by atoms with Crippen LogP contribution in [0.2, 0.25) is 0 Å². The van der Waals surface area contributed by atoms with Crippen LogP contribution >= 0.6 is 0 Å². The van der Waals surface area contributed by atoms with Crippen LogP contribution in [0.1, 0.15) is 30.0 Å². The zero-order chi connectivity index (χ0) is 12.7. The van der Waals surface area contributed by atoms with E-state index >= 15 is 0 Å². The molecule has 5 heteroatoms. The molecular weight excluding hydrogens is 233 g/mol. The van der Waals surface area contributed by atoms with Crippen molar-refractivity contribution < 1.29 is 9.18 Å². The van der Waals surface area contributed by atoms with E-state index in [0.29, 0.717) is 23.1 Å². The summed E-state index contributed by atoms with van der Waals surface area (Å²) in [5.41, 5.74) is 1.15. The van der Waals surface area contributed by atoms with Crippen LogP contribution in [-0.2, 0) is 4.79 Å². The third kappa shape index (κ3) is 2.08. The monoisotopic (exact) mass is 247 g/mol. The number of guanidine groups is 1. The van der Waals surface area contributed by atoms with Gasteiger partial charge in [0.1, 0.15) is 5.82 Å².